The molecule has 0 radical (unpaired) electrons. The van der Waals surface area contributed by atoms with Crippen LogP contribution in [-0.4, -0.2) is 51.1 Å². The Morgan fingerprint density at radius 2 is 2.00 bits per heavy atom. The monoisotopic (exact) mass is 367 g/mol. The maximum atomic E-state index is 12.5. The third-order valence-corrected chi connectivity index (χ3v) is 5.79. The fourth-order valence-electron chi connectivity index (χ4n) is 2.83. The van der Waals surface area contributed by atoms with Crippen molar-refractivity contribution in [2.45, 2.75) is 42.7 Å². The van der Waals surface area contributed by atoms with Gasteiger partial charge in [0.2, 0.25) is 15.9 Å². The second-order valence-electron chi connectivity index (χ2n) is 6.23. The van der Waals surface area contributed by atoms with Crippen molar-refractivity contribution in [3.8, 4) is 0 Å². The zero-order chi connectivity index (χ0) is 18.0. The summed E-state index contributed by atoms with van der Waals surface area (Å²) in [5.74, 6) is -0.354. The van der Waals surface area contributed by atoms with Crippen LogP contribution in [0.15, 0.2) is 29.2 Å². The lowest BCUT2D eigenvalue weighted by Gasteiger charge is -2.22. The maximum Gasteiger partial charge on any atom is 0.410 e. The number of rotatable bonds is 5. The number of amides is 2. The van der Waals surface area contributed by atoms with Crippen molar-refractivity contribution in [2.24, 2.45) is 0 Å². The zero-order valence-corrected chi connectivity index (χ0v) is 14.7. The fraction of sp³-hybridized carbons (Fsp3) is 0.500. The van der Waals surface area contributed by atoms with E-state index in [1.807, 2.05) is 0 Å². The van der Waals surface area contributed by atoms with E-state index in [4.69, 9.17) is 4.74 Å². The molecule has 1 unspecified atom stereocenters. The topological polar surface area (TPSA) is 105 Å². The summed E-state index contributed by atoms with van der Waals surface area (Å²) in [5, 5.41) is 2.69. The molecule has 0 spiro atoms. The average Bonchev–Trinajstić information content (AvgIpc) is 3.25. The summed E-state index contributed by atoms with van der Waals surface area (Å²) in [6, 6.07) is 5.49. The van der Waals surface area contributed by atoms with Crippen LogP contribution in [0.1, 0.15) is 25.7 Å². The quantitative estimate of drug-likeness (QED) is 0.816. The van der Waals surface area contributed by atoms with Gasteiger partial charge in [0, 0.05) is 18.3 Å². The number of sulfonamides is 1. The molecule has 136 valence electrons. The van der Waals surface area contributed by atoms with Gasteiger partial charge in [-0.1, -0.05) is 6.07 Å². The molecule has 1 atom stereocenters. The van der Waals surface area contributed by atoms with Gasteiger partial charge >= 0.3 is 6.09 Å². The molecule has 2 amide bonds. The van der Waals surface area contributed by atoms with Crippen LogP contribution in [-0.2, 0) is 19.6 Å². The van der Waals surface area contributed by atoms with Gasteiger partial charge in [0.15, 0.2) is 0 Å². The summed E-state index contributed by atoms with van der Waals surface area (Å²) in [6.45, 7) is 0.463. The highest BCUT2D eigenvalue weighted by Crippen LogP contribution is 2.24. The van der Waals surface area contributed by atoms with Crippen molar-refractivity contribution in [2.75, 3.05) is 19.0 Å². The van der Waals surface area contributed by atoms with Crippen molar-refractivity contribution in [1.29, 1.82) is 0 Å². The Bertz CT molecular complexity index is 776. The molecule has 2 N–H and O–H groups in total. The van der Waals surface area contributed by atoms with Gasteiger partial charge in [-0.15, -0.1) is 0 Å². The molecule has 0 bridgehead atoms. The van der Waals surface area contributed by atoms with Crippen LogP contribution in [0, 0.1) is 0 Å². The number of benzene rings is 1. The van der Waals surface area contributed by atoms with E-state index in [2.05, 4.69) is 10.0 Å². The number of carbonyl (C=O) groups is 2. The fourth-order valence-corrected chi connectivity index (χ4v) is 4.18. The molecule has 2 fully saturated rings. The first-order valence-electron chi connectivity index (χ1n) is 8.18. The van der Waals surface area contributed by atoms with Gasteiger partial charge in [-0.05, 0) is 43.9 Å². The molecular weight excluding hydrogens is 346 g/mol. The molecule has 2 aliphatic rings. The molecule has 1 aromatic carbocycles. The SMILES string of the molecule is COC(=O)N1CCCC1C(=O)Nc1cccc(S(=O)(=O)NC2CC2)c1. The van der Waals surface area contributed by atoms with Gasteiger partial charge in [0.25, 0.3) is 0 Å². The largest absolute Gasteiger partial charge is 0.453 e. The third-order valence-electron chi connectivity index (χ3n) is 4.28. The normalized spacial score (nSPS) is 20.4. The third kappa shape index (κ3) is 4.10. The second kappa shape index (κ2) is 7.01. The van der Waals surface area contributed by atoms with Crippen LogP contribution in [0.25, 0.3) is 0 Å². The Kier molecular flexibility index (Phi) is 4.96. The van der Waals surface area contributed by atoms with Gasteiger partial charge in [-0.2, -0.15) is 0 Å². The van der Waals surface area contributed by atoms with Crippen LogP contribution in [0.3, 0.4) is 0 Å². The summed E-state index contributed by atoms with van der Waals surface area (Å²) in [7, 11) is -2.31. The number of ether oxygens (including phenoxy) is 1. The Balaban J connectivity index is 1.71. The van der Waals surface area contributed by atoms with E-state index in [1.165, 1.54) is 24.1 Å². The molecule has 0 aromatic heterocycles. The number of hydrogen-bond acceptors (Lipinski definition) is 5. The van der Waals surface area contributed by atoms with Crippen molar-refractivity contribution in [1.82, 2.24) is 9.62 Å². The van der Waals surface area contributed by atoms with Crippen LogP contribution in [0.2, 0.25) is 0 Å². The van der Waals surface area contributed by atoms with Crippen molar-refractivity contribution < 1.29 is 22.7 Å². The summed E-state index contributed by atoms with van der Waals surface area (Å²) in [6.07, 6.45) is 2.42. The number of carbonyl (C=O) groups excluding carboxylic acids is 2. The minimum atomic E-state index is -3.59. The molecule has 8 nitrogen and oxygen atoms in total. The van der Waals surface area contributed by atoms with Crippen molar-refractivity contribution in [3.63, 3.8) is 0 Å². The van der Waals surface area contributed by atoms with Crippen LogP contribution in [0.4, 0.5) is 10.5 Å². The Labute approximate surface area is 146 Å². The van der Waals surface area contributed by atoms with E-state index in [0.29, 0.717) is 25.1 Å². The van der Waals surface area contributed by atoms with E-state index >= 15 is 0 Å². The van der Waals surface area contributed by atoms with E-state index in [1.54, 1.807) is 12.1 Å². The molecule has 1 heterocycles. The number of anilines is 1. The Hall–Kier alpha value is -2.13. The standard InChI is InChI=1S/C16H21N3O5S/c1-24-16(21)19-9-3-6-14(19)15(20)17-12-4-2-5-13(10-12)25(22,23)18-11-7-8-11/h2,4-5,10-11,14,18H,3,6-9H2,1H3,(H,17,20). The molecule has 25 heavy (non-hydrogen) atoms. The van der Waals surface area contributed by atoms with Crippen LogP contribution < -0.4 is 10.0 Å². The van der Waals surface area contributed by atoms with Gasteiger partial charge in [-0.25, -0.2) is 17.9 Å². The van der Waals surface area contributed by atoms with E-state index < -0.39 is 22.2 Å². The van der Waals surface area contributed by atoms with Crippen molar-refractivity contribution in [3.05, 3.63) is 24.3 Å². The highest BCUT2D eigenvalue weighted by Gasteiger charge is 2.35. The molecule has 1 saturated heterocycles. The molecule has 1 aromatic rings. The molecule has 1 aliphatic carbocycles. The summed E-state index contributed by atoms with van der Waals surface area (Å²) in [5.41, 5.74) is 0.375. The minimum Gasteiger partial charge on any atom is -0.453 e. The number of hydrogen-bond donors (Lipinski definition) is 2. The van der Waals surface area contributed by atoms with Gasteiger partial charge in [-0.3, -0.25) is 9.69 Å². The minimum absolute atomic E-state index is 0.00958. The predicted molar refractivity (Wildman–Crippen MR) is 90.5 cm³/mol. The van der Waals surface area contributed by atoms with Crippen LogP contribution >= 0.6 is 0 Å². The highest BCUT2D eigenvalue weighted by atomic mass is 32.2. The molecular formula is C16H21N3O5S. The van der Waals surface area contributed by atoms with Gasteiger partial charge in [0.1, 0.15) is 6.04 Å². The smallest absolute Gasteiger partial charge is 0.410 e. The zero-order valence-electron chi connectivity index (χ0n) is 13.9. The van der Waals surface area contributed by atoms with E-state index in [9.17, 15) is 18.0 Å². The van der Waals surface area contributed by atoms with E-state index in [-0.39, 0.29) is 16.8 Å². The van der Waals surface area contributed by atoms with Crippen LogP contribution in [0.5, 0.6) is 0 Å². The lowest BCUT2D eigenvalue weighted by atomic mass is 10.2. The number of nitrogens with one attached hydrogen (secondary N) is 2. The predicted octanol–water partition coefficient (Wildman–Crippen LogP) is 1.30. The molecule has 1 aliphatic heterocycles. The lowest BCUT2D eigenvalue weighted by Crippen LogP contribution is -2.43. The molecule has 3 rings (SSSR count). The van der Waals surface area contributed by atoms with Crippen molar-refractivity contribution >= 4 is 27.7 Å². The Morgan fingerprint density at radius 1 is 1.24 bits per heavy atom. The number of methoxy groups -OCH3 is 1. The summed E-state index contributed by atoms with van der Waals surface area (Å²) >= 11 is 0. The Morgan fingerprint density at radius 3 is 2.68 bits per heavy atom. The van der Waals surface area contributed by atoms with E-state index in [0.717, 1.165) is 12.8 Å². The maximum absolute atomic E-state index is 12.5. The highest BCUT2D eigenvalue weighted by molar-refractivity contribution is 7.89. The van der Waals surface area contributed by atoms with Gasteiger partial charge < -0.3 is 10.1 Å². The first-order chi connectivity index (χ1) is 11.9. The first kappa shape index (κ1) is 17.7. The summed E-state index contributed by atoms with van der Waals surface area (Å²) < 4.78 is 31.8. The average molecular weight is 367 g/mol. The molecule has 9 heteroatoms. The first-order valence-corrected chi connectivity index (χ1v) is 9.67. The second-order valence-corrected chi connectivity index (χ2v) is 7.95. The lowest BCUT2D eigenvalue weighted by molar-refractivity contribution is -0.119. The summed E-state index contributed by atoms with van der Waals surface area (Å²) in [4.78, 5) is 25.7. The number of nitrogens with zero attached hydrogens (tertiary/aromatic N) is 1. The van der Waals surface area contributed by atoms with Gasteiger partial charge in [0.05, 0.1) is 12.0 Å². The number of likely N-dealkylation sites (tertiary alicyclic amines) is 1. The molecule has 1 saturated carbocycles.